The van der Waals surface area contributed by atoms with Crippen molar-refractivity contribution >= 4 is 11.5 Å². The summed E-state index contributed by atoms with van der Waals surface area (Å²) < 4.78 is 62.9. The van der Waals surface area contributed by atoms with E-state index in [9.17, 15) is 26.7 Å². The Balaban J connectivity index is 5.65. The zero-order valence-corrected chi connectivity index (χ0v) is 12.3. The molecular weight excluding hydrogens is 283 g/mol. The highest BCUT2D eigenvalue weighted by molar-refractivity contribution is 6.43. The Morgan fingerprint density at radius 2 is 1.45 bits per heavy atom. The van der Waals surface area contributed by atoms with Gasteiger partial charge in [0.25, 0.3) is 5.78 Å². The SMILES string of the molecule is CC(C)/C(=N\N(C)C(C)(C)C)C(=O)C(F)(F)C(F)(F)F. The Hall–Kier alpha value is -1.21. The first kappa shape index (κ1) is 18.8. The molecule has 0 radical (unpaired) electrons. The van der Waals surface area contributed by atoms with Crippen LogP contribution in [0.2, 0.25) is 0 Å². The second-order valence-electron chi connectivity index (χ2n) is 5.74. The first-order valence-corrected chi connectivity index (χ1v) is 5.94. The fourth-order valence-electron chi connectivity index (χ4n) is 1.02. The molecule has 0 aromatic carbocycles. The van der Waals surface area contributed by atoms with E-state index in [4.69, 9.17) is 0 Å². The third kappa shape index (κ3) is 4.14. The maximum atomic E-state index is 13.1. The quantitative estimate of drug-likeness (QED) is 0.452. The molecule has 0 rings (SSSR count). The molecule has 0 fully saturated rings. The molecule has 20 heavy (non-hydrogen) atoms. The summed E-state index contributed by atoms with van der Waals surface area (Å²) in [5.41, 5.74) is -1.42. The summed E-state index contributed by atoms with van der Waals surface area (Å²) in [4.78, 5) is 11.5. The molecule has 0 spiro atoms. The Morgan fingerprint density at radius 1 is 1.05 bits per heavy atom. The topological polar surface area (TPSA) is 32.7 Å². The van der Waals surface area contributed by atoms with Gasteiger partial charge in [-0.15, -0.1) is 0 Å². The molecule has 0 aromatic heterocycles. The Morgan fingerprint density at radius 3 is 1.70 bits per heavy atom. The van der Waals surface area contributed by atoms with Crippen molar-refractivity contribution < 1.29 is 26.7 Å². The van der Waals surface area contributed by atoms with Crippen molar-refractivity contribution in [3.63, 3.8) is 0 Å². The molecule has 0 aliphatic carbocycles. The number of rotatable bonds is 4. The number of nitrogens with zero attached hydrogens (tertiary/aromatic N) is 2. The average molecular weight is 302 g/mol. The first-order valence-electron chi connectivity index (χ1n) is 5.94. The summed E-state index contributed by atoms with van der Waals surface area (Å²) >= 11 is 0. The second-order valence-corrected chi connectivity index (χ2v) is 5.74. The van der Waals surface area contributed by atoms with Crippen LogP contribution in [0.25, 0.3) is 0 Å². The normalized spacial score (nSPS) is 14.7. The van der Waals surface area contributed by atoms with Gasteiger partial charge in [0.15, 0.2) is 0 Å². The third-order valence-corrected chi connectivity index (χ3v) is 2.65. The maximum Gasteiger partial charge on any atom is 0.461 e. The number of carbonyl (C=O) groups excluding carboxylic acids is 1. The van der Waals surface area contributed by atoms with Gasteiger partial charge in [-0.2, -0.15) is 27.1 Å². The fourth-order valence-corrected chi connectivity index (χ4v) is 1.02. The van der Waals surface area contributed by atoms with E-state index in [1.807, 2.05) is 0 Å². The van der Waals surface area contributed by atoms with Crippen molar-refractivity contribution in [3.05, 3.63) is 0 Å². The van der Waals surface area contributed by atoms with Crippen LogP contribution >= 0.6 is 0 Å². The number of hydrazone groups is 1. The lowest BCUT2D eigenvalue weighted by Gasteiger charge is -2.31. The summed E-state index contributed by atoms with van der Waals surface area (Å²) in [6, 6.07) is 0. The van der Waals surface area contributed by atoms with Gasteiger partial charge in [-0.05, 0) is 20.8 Å². The van der Waals surface area contributed by atoms with E-state index in [0.29, 0.717) is 0 Å². The smallest absolute Gasteiger partial charge is 0.294 e. The predicted octanol–water partition coefficient (Wildman–Crippen LogP) is 3.50. The average Bonchev–Trinajstić information content (AvgIpc) is 2.20. The number of halogens is 5. The predicted molar refractivity (Wildman–Crippen MR) is 65.8 cm³/mol. The number of carbonyl (C=O) groups is 1. The van der Waals surface area contributed by atoms with Crippen LogP contribution in [0.4, 0.5) is 22.0 Å². The largest absolute Gasteiger partial charge is 0.461 e. The van der Waals surface area contributed by atoms with Gasteiger partial charge in [0.2, 0.25) is 0 Å². The summed E-state index contributed by atoms with van der Waals surface area (Å²) in [7, 11) is 1.40. The molecule has 8 heteroatoms. The lowest BCUT2D eigenvalue weighted by atomic mass is 9.99. The van der Waals surface area contributed by atoms with Crippen molar-refractivity contribution in [1.82, 2.24) is 5.01 Å². The minimum absolute atomic E-state index is 0.617. The highest BCUT2D eigenvalue weighted by Gasteiger charge is 2.64. The zero-order chi connectivity index (χ0) is 16.5. The molecule has 0 aliphatic rings. The van der Waals surface area contributed by atoms with Gasteiger partial charge in [0, 0.05) is 18.5 Å². The fraction of sp³-hybridized carbons (Fsp3) is 0.833. The van der Waals surface area contributed by atoms with Gasteiger partial charge in [-0.25, -0.2) is 0 Å². The van der Waals surface area contributed by atoms with Crippen LogP contribution in [-0.2, 0) is 4.79 Å². The van der Waals surface area contributed by atoms with E-state index >= 15 is 0 Å². The van der Waals surface area contributed by atoms with Gasteiger partial charge >= 0.3 is 12.1 Å². The number of hydrogen-bond acceptors (Lipinski definition) is 3. The van der Waals surface area contributed by atoms with E-state index in [1.165, 1.54) is 25.9 Å². The standard InChI is InChI=1S/C12H19F5N2O/c1-7(2)8(18-19(6)10(3,4)5)9(20)11(13,14)12(15,16)17/h7H,1-6H3/b18-8+. The minimum atomic E-state index is -5.93. The van der Waals surface area contributed by atoms with Crippen molar-refractivity contribution in [2.45, 2.75) is 52.3 Å². The van der Waals surface area contributed by atoms with Crippen molar-refractivity contribution in [2.24, 2.45) is 11.0 Å². The van der Waals surface area contributed by atoms with Gasteiger partial charge in [-0.1, -0.05) is 13.8 Å². The number of alkyl halides is 5. The van der Waals surface area contributed by atoms with Gasteiger partial charge in [0.1, 0.15) is 5.71 Å². The van der Waals surface area contributed by atoms with E-state index in [0.717, 1.165) is 0 Å². The van der Waals surface area contributed by atoms with Crippen LogP contribution in [0.15, 0.2) is 5.10 Å². The number of ketones is 1. The Kier molecular flexibility index (Phi) is 5.31. The van der Waals surface area contributed by atoms with E-state index in [-0.39, 0.29) is 0 Å². The van der Waals surface area contributed by atoms with Crippen molar-refractivity contribution in [1.29, 1.82) is 0 Å². The summed E-state index contributed by atoms with van der Waals surface area (Å²) in [5, 5.41) is 4.83. The number of hydrogen-bond donors (Lipinski definition) is 0. The molecule has 0 amide bonds. The lowest BCUT2D eigenvalue weighted by Crippen LogP contribution is -2.49. The van der Waals surface area contributed by atoms with E-state index < -0.39 is 35.1 Å². The molecule has 0 N–H and O–H groups in total. The molecule has 0 aliphatic heterocycles. The van der Waals surface area contributed by atoms with Crippen molar-refractivity contribution in [2.75, 3.05) is 7.05 Å². The van der Waals surface area contributed by atoms with E-state index in [2.05, 4.69) is 5.10 Å². The Labute approximate surface area is 114 Å². The van der Waals surface area contributed by atoms with Crippen molar-refractivity contribution in [3.8, 4) is 0 Å². The van der Waals surface area contributed by atoms with Crippen LogP contribution in [-0.4, -0.2) is 41.2 Å². The van der Waals surface area contributed by atoms with Crippen LogP contribution in [0, 0.1) is 5.92 Å². The third-order valence-electron chi connectivity index (χ3n) is 2.65. The summed E-state index contributed by atoms with van der Waals surface area (Å²) in [6.45, 7) is 7.71. The summed E-state index contributed by atoms with van der Waals surface area (Å²) in [6.07, 6.45) is -5.93. The molecule has 0 aromatic rings. The second kappa shape index (κ2) is 5.65. The van der Waals surface area contributed by atoms with E-state index in [1.54, 1.807) is 20.8 Å². The zero-order valence-electron chi connectivity index (χ0n) is 12.3. The van der Waals surface area contributed by atoms with Crippen LogP contribution in [0.3, 0.4) is 0 Å². The lowest BCUT2D eigenvalue weighted by molar-refractivity contribution is -0.265. The molecule has 0 atom stereocenters. The molecule has 3 nitrogen and oxygen atoms in total. The number of Topliss-reactive ketones (excluding diaryl/α,β-unsaturated/α-hetero) is 1. The minimum Gasteiger partial charge on any atom is -0.294 e. The van der Waals surface area contributed by atoms with Crippen LogP contribution < -0.4 is 0 Å². The van der Waals surface area contributed by atoms with Crippen LogP contribution in [0.5, 0.6) is 0 Å². The summed E-state index contributed by atoms with van der Waals surface area (Å²) in [5.74, 6) is -8.61. The molecule has 0 saturated heterocycles. The van der Waals surface area contributed by atoms with Gasteiger partial charge in [-0.3, -0.25) is 9.80 Å². The molecular formula is C12H19F5N2O. The van der Waals surface area contributed by atoms with Gasteiger partial charge < -0.3 is 0 Å². The molecule has 0 bridgehead atoms. The molecule has 0 unspecified atom stereocenters. The monoisotopic (exact) mass is 302 g/mol. The highest BCUT2D eigenvalue weighted by atomic mass is 19.4. The molecule has 0 saturated carbocycles. The Bertz CT molecular complexity index is 394. The molecule has 0 heterocycles. The van der Waals surface area contributed by atoms with Gasteiger partial charge in [0.05, 0.1) is 0 Å². The highest BCUT2D eigenvalue weighted by Crippen LogP contribution is 2.37. The van der Waals surface area contributed by atoms with Crippen LogP contribution in [0.1, 0.15) is 34.6 Å². The first-order chi connectivity index (χ1) is 8.62. The maximum absolute atomic E-state index is 13.1. The molecule has 118 valence electrons.